The molecule has 1 aromatic carbocycles. The first-order chi connectivity index (χ1) is 12.2. The first kappa shape index (κ1) is 16.5. The molecule has 0 saturated carbocycles. The number of halogens is 1. The van der Waals surface area contributed by atoms with E-state index in [0.29, 0.717) is 11.6 Å². The summed E-state index contributed by atoms with van der Waals surface area (Å²) >= 11 is 6.11. The second-order valence-electron chi connectivity index (χ2n) is 7.00. The van der Waals surface area contributed by atoms with Gasteiger partial charge in [-0.1, -0.05) is 41.9 Å². The van der Waals surface area contributed by atoms with Gasteiger partial charge in [-0.2, -0.15) is 10.3 Å². The van der Waals surface area contributed by atoms with Crippen molar-refractivity contribution in [2.24, 2.45) is 0 Å². The molecule has 0 aliphatic carbocycles. The molecule has 5 heteroatoms. The molecule has 2 aliphatic rings. The van der Waals surface area contributed by atoms with Gasteiger partial charge in [0.05, 0.1) is 23.1 Å². The van der Waals surface area contributed by atoms with Crippen molar-refractivity contribution in [1.29, 1.82) is 5.26 Å². The Morgan fingerprint density at radius 1 is 1.20 bits per heavy atom. The van der Waals surface area contributed by atoms with Crippen LogP contribution < -0.4 is 0 Å². The fourth-order valence-corrected chi connectivity index (χ4v) is 4.38. The fraction of sp³-hybridized carbons (Fsp3) is 0.400. The lowest BCUT2D eigenvalue weighted by Gasteiger charge is -2.42. The van der Waals surface area contributed by atoms with Gasteiger partial charge >= 0.3 is 0 Å². The number of piperidine rings is 1. The van der Waals surface area contributed by atoms with Gasteiger partial charge in [0.25, 0.3) is 0 Å². The van der Waals surface area contributed by atoms with Gasteiger partial charge in [-0.25, -0.2) is 0 Å². The molecule has 4 nitrogen and oxygen atoms in total. The zero-order chi connectivity index (χ0) is 17.3. The maximum atomic E-state index is 9.96. The Hall–Kier alpha value is -1.93. The lowest BCUT2D eigenvalue weighted by atomic mass is 9.72. The number of hydroxylamine groups is 2. The number of fused-ring (bicyclic) bond motifs is 2. The van der Waals surface area contributed by atoms with Crippen molar-refractivity contribution in [1.82, 2.24) is 10.0 Å². The summed E-state index contributed by atoms with van der Waals surface area (Å²) in [6.07, 6.45) is 7.05. The number of benzene rings is 1. The highest BCUT2D eigenvalue weighted by Gasteiger charge is 2.50. The van der Waals surface area contributed by atoms with Crippen molar-refractivity contribution in [2.75, 3.05) is 0 Å². The van der Waals surface area contributed by atoms with E-state index in [1.165, 1.54) is 0 Å². The lowest BCUT2D eigenvalue weighted by molar-refractivity contribution is -0.219. The summed E-state index contributed by atoms with van der Waals surface area (Å²) in [7, 11) is 0. The second-order valence-corrected chi connectivity index (χ2v) is 7.43. The maximum Gasteiger partial charge on any atom is 0.0936 e. The van der Waals surface area contributed by atoms with Gasteiger partial charge in [0, 0.05) is 24.5 Å². The Kier molecular flexibility index (Phi) is 4.47. The van der Waals surface area contributed by atoms with E-state index in [1.54, 1.807) is 12.4 Å². The molecule has 2 bridgehead atoms. The van der Waals surface area contributed by atoms with E-state index < -0.39 is 5.41 Å². The minimum absolute atomic E-state index is 0.265. The van der Waals surface area contributed by atoms with E-state index in [-0.39, 0.29) is 12.1 Å². The maximum absolute atomic E-state index is 9.96. The van der Waals surface area contributed by atoms with Gasteiger partial charge in [-0.15, -0.1) is 0 Å². The second kappa shape index (κ2) is 6.76. The van der Waals surface area contributed by atoms with Crippen LogP contribution in [0.2, 0.25) is 5.02 Å². The molecule has 2 aliphatic heterocycles. The molecule has 1 aromatic heterocycles. The van der Waals surface area contributed by atoms with Crippen LogP contribution in [0.3, 0.4) is 0 Å². The average molecular weight is 354 g/mol. The number of nitriles is 1. The van der Waals surface area contributed by atoms with E-state index in [1.807, 2.05) is 24.3 Å². The topological polar surface area (TPSA) is 49.2 Å². The third-order valence-electron chi connectivity index (χ3n) is 5.42. The number of rotatable bonds is 4. The highest BCUT2D eigenvalue weighted by Crippen LogP contribution is 2.47. The standard InChI is InChI=1S/C20H20ClN3O/c21-17-8-16(11-23-12-17)20(14-22)9-18-6-7-19(10-20)24(18)25-13-15-4-2-1-3-5-15/h1-5,8,11-12,18-19H,6-7,9-10,13H2/t18-,19+,20?. The summed E-state index contributed by atoms with van der Waals surface area (Å²) < 4.78 is 0. The zero-order valence-corrected chi connectivity index (χ0v) is 14.7. The minimum Gasteiger partial charge on any atom is -0.294 e. The highest BCUT2D eigenvalue weighted by molar-refractivity contribution is 6.30. The Morgan fingerprint density at radius 2 is 1.92 bits per heavy atom. The molecule has 4 rings (SSSR count). The van der Waals surface area contributed by atoms with Gasteiger partial charge in [-0.3, -0.25) is 9.82 Å². The molecule has 3 heterocycles. The Bertz CT molecular complexity index is 775. The predicted octanol–water partition coefficient (Wildman–Crippen LogP) is 4.25. The van der Waals surface area contributed by atoms with Crippen molar-refractivity contribution >= 4 is 11.6 Å². The third kappa shape index (κ3) is 3.16. The molecular weight excluding hydrogens is 334 g/mol. The van der Waals surface area contributed by atoms with Crippen LogP contribution in [0.4, 0.5) is 0 Å². The molecule has 0 amide bonds. The number of hydrogen-bond acceptors (Lipinski definition) is 4. The Morgan fingerprint density at radius 3 is 2.56 bits per heavy atom. The summed E-state index contributed by atoms with van der Waals surface area (Å²) in [5, 5.41) is 12.7. The SMILES string of the molecule is N#CC1(c2cncc(Cl)c2)C[C@H]2CC[C@@H](C1)N2OCc1ccccc1. The normalized spacial score (nSPS) is 28.6. The molecule has 2 saturated heterocycles. The molecule has 3 atom stereocenters. The number of pyridine rings is 1. The van der Waals surface area contributed by atoms with Gasteiger partial charge < -0.3 is 0 Å². The molecule has 128 valence electrons. The number of aromatic nitrogens is 1. The number of hydrogen-bond donors (Lipinski definition) is 0. The average Bonchev–Trinajstić information content (AvgIpc) is 2.89. The van der Waals surface area contributed by atoms with E-state index >= 15 is 0 Å². The molecule has 1 unspecified atom stereocenters. The van der Waals surface area contributed by atoms with Crippen LogP contribution in [0.5, 0.6) is 0 Å². The van der Waals surface area contributed by atoms with Crippen molar-refractivity contribution in [3.8, 4) is 6.07 Å². The van der Waals surface area contributed by atoms with Gasteiger partial charge in [0.2, 0.25) is 0 Å². The number of nitrogens with zero attached hydrogens (tertiary/aromatic N) is 3. The van der Waals surface area contributed by atoms with Crippen molar-refractivity contribution in [2.45, 2.75) is 49.8 Å². The van der Waals surface area contributed by atoms with E-state index in [9.17, 15) is 5.26 Å². The molecule has 25 heavy (non-hydrogen) atoms. The summed E-state index contributed by atoms with van der Waals surface area (Å²) in [6.45, 7) is 0.576. The largest absolute Gasteiger partial charge is 0.294 e. The van der Waals surface area contributed by atoms with Gasteiger partial charge in [-0.05, 0) is 42.9 Å². The van der Waals surface area contributed by atoms with Crippen LogP contribution in [0.15, 0.2) is 48.8 Å². The first-order valence-corrected chi connectivity index (χ1v) is 9.05. The fourth-order valence-electron chi connectivity index (χ4n) is 4.21. The van der Waals surface area contributed by atoms with Crippen molar-refractivity contribution in [3.63, 3.8) is 0 Å². The van der Waals surface area contributed by atoms with Crippen molar-refractivity contribution in [3.05, 3.63) is 64.9 Å². The van der Waals surface area contributed by atoms with Crippen LogP contribution in [-0.2, 0) is 16.9 Å². The predicted molar refractivity (Wildman–Crippen MR) is 95.7 cm³/mol. The molecule has 2 aromatic rings. The summed E-state index contributed by atoms with van der Waals surface area (Å²) in [5.41, 5.74) is 1.58. The van der Waals surface area contributed by atoms with Crippen LogP contribution in [0.25, 0.3) is 0 Å². The summed E-state index contributed by atoms with van der Waals surface area (Å²) in [4.78, 5) is 10.3. The van der Waals surface area contributed by atoms with E-state index in [4.69, 9.17) is 16.4 Å². The van der Waals surface area contributed by atoms with Crippen molar-refractivity contribution < 1.29 is 4.84 Å². The van der Waals surface area contributed by atoms with Crippen LogP contribution in [-0.4, -0.2) is 22.1 Å². The van der Waals surface area contributed by atoms with Crippen LogP contribution in [0.1, 0.15) is 36.8 Å². The minimum atomic E-state index is -0.518. The molecule has 0 N–H and O–H groups in total. The molecular formula is C20H20ClN3O. The van der Waals surface area contributed by atoms with Gasteiger partial charge in [0.15, 0.2) is 0 Å². The third-order valence-corrected chi connectivity index (χ3v) is 5.62. The Balaban J connectivity index is 1.52. The lowest BCUT2D eigenvalue weighted by Crippen LogP contribution is -2.48. The molecule has 0 radical (unpaired) electrons. The smallest absolute Gasteiger partial charge is 0.0936 e. The molecule has 2 fully saturated rings. The Labute approximate surface area is 153 Å². The molecule has 0 spiro atoms. The van der Waals surface area contributed by atoms with E-state index in [0.717, 1.165) is 36.8 Å². The highest BCUT2D eigenvalue weighted by atomic mass is 35.5. The first-order valence-electron chi connectivity index (χ1n) is 8.68. The monoisotopic (exact) mass is 353 g/mol. The van der Waals surface area contributed by atoms with Crippen LogP contribution >= 0.6 is 11.6 Å². The van der Waals surface area contributed by atoms with Crippen LogP contribution in [0, 0.1) is 11.3 Å². The summed E-state index contributed by atoms with van der Waals surface area (Å²) in [6, 6.07) is 15.2. The van der Waals surface area contributed by atoms with Gasteiger partial charge in [0.1, 0.15) is 0 Å². The summed E-state index contributed by atoms with van der Waals surface area (Å²) in [5.74, 6) is 0. The van der Waals surface area contributed by atoms with E-state index in [2.05, 4.69) is 28.2 Å². The zero-order valence-electron chi connectivity index (χ0n) is 13.9. The quantitative estimate of drug-likeness (QED) is 0.824.